The maximum Gasteiger partial charge on any atom is 0.230 e. The lowest BCUT2D eigenvalue weighted by molar-refractivity contribution is 0.599. The quantitative estimate of drug-likeness (QED) is 0.524. The van der Waals surface area contributed by atoms with E-state index in [0.29, 0.717) is 0 Å². The molecule has 0 unspecified atom stereocenters. The molecule has 0 saturated heterocycles. The van der Waals surface area contributed by atoms with Crippen LogP contribution in [0.5, 0.6) is 0 Å². The van der Waals surface area contributed by atoms with Crippen LogP contribution in [0.3, 0.4) is 0 Å². The van der Waals surface area contributed by atoms with Crippen molar-refractivity contribution in [2.75, 3.05) is 6.26 Å². The molecular weight excluding hydrogens is 134 g/mol. The van der Waals surface area contributed by atoms with Crippen LogP contribution in [0.1, 0.15) is 0 Å². The number of hydrogen-bond donors (Lipinski definition) is 1. The summed E-state index contributed by atoms with van der Waals surface area (Å²) < 4.78 is 22.0. The number of nitrogens with one attached hydrogen (secondary N) is 1. The monoisotopic (exact) mass is 139 g/mol. The van der Waals surface area contributed by atoms with Gasteiger partial charge in [-0.25, -0.2) is 8.42 Å². The summed E-state index contributed by atoms with van der Waals surface area (Å²) in [5, 5.41) is 0. The molecule has 0 aliphatic rings. The van der Waals surface area contributed by atoms with E-state index in [0.717, 1.165) is 11.7 Å². The molecule has 0 bridgehead atoms. The summed E-state index contributed by atoms with van der Waals surface area (Å²) in [7, 11) is -3.08. The van der Waals surface area contributed by atoms with Crippen LogP contribution < -0.4 is 4.72 Å². The van der Waals surface area contributed by atoms with Gasteiger partial charge in [0.15, 0.2) is 0 Å². The fourth-order valence-corrected chi connectivity index (χ4v) is 0.787. The summed E-state index contributed by atoms with van der Waals surface area (Å²) in [6.45, 7) is 0. The molecule has 0 fully saturated rings. The van der Waals surface area contributed by atoms with Gasteiger partial charge in [-0.2, -0.15) is 0 Å². The largest absolute Gasteiger partial charge is 0.280 e. The normalized spacial score (nSPS) is 10.4. The van der Waals surface area contributed by atoms with Crippen molar-refractivity contribution < 1.29 is 8.42 Å². The molecule has 0 aliphatic carbocycles. The van der Waals surface area contributed by atoms with Gasteiger partial charge in [-0.3, -0.25) is 4.72 Å². The SMILES string of the molecule is CS(=O)(=O)NC=S. The average molecular weight is 139 g/mol. The Morgan fingerprint density at radius 1 is 1.71 bits per heavy atom. The minimum atomic E-state index is -3.08. The van der Waals surface area contributed by atoms with E-state index < -0.39 is 10.0 Å². The Kier molecular flexibility index (Phi) is 2.17. The Morgan fingerprint density at radius 3 is 2.14 bits per heavy atom. The average Bonchev–Trinajstić information content (AvgIpc) is 1.30. The van der Waals surface area contributed by atoms with Crippen LogP contribution in [0.25, 0.3) is 0 Å². The third kappa shape index (κ3) is 5.84. The highest BCUT2D eigenvalue weighted by atomic mass is 32.2. The third-order valence-corrected chi connectivity index (χ3v) is 1.08. The van der Waals surface area contributed by atoms with Crippen LogP contribution in [-0.2, 0) is 10.0 Å². The Labute approximate surface area is 47.8 Å². The zero-order valence-electron chi connectivity index (χ0n) is 3.71. The van der Waals surface area contributed by atoms with Gasteiger partial charge in [-0.1, -0.05) is 12.2 Å². The van der Waals surface area contributed by atoms with E-state index in [1.54, 1.807) is 0 Å². The molecule has 1 N–H and O–H groups in total. The van der Waals surface area contributed by atoms with Gasteiger partial charge in [0, 0.05) is 0 Å². The van der Waals surface area contributed by atoms with Gasteiger partial charge in [0.25, 0.3) is 0 Å². The topological polar surface area (TPSA) is 46.2 Å². The summed E-state index contributed by atoms with van der Waals surface area (Å²) in [5.74, 6) is 0. The summed E-state index contributed by atoms with van der Waals surface area (Å²) in [4.78, 5) is 0. The van der Waals surface area contributed by atoms with Crippen molar-refractivity contribution in [3.63, 3.8) is 0 Å². The van der Waals surface area contributed by atoms with Crippen LogP contribution in [-0.4, -0.2) is 20.2 Å². The van der Waals surface area contributed by atoms with Crippen molar-refractivity contribution in [2.45, 2.75) is 0 Å². The second kappa shape index (κ2) is 2.23. The minimum Gasteiger partial charge on any atom is -0.280 e. The van der Waals surface area contributed by atoms with E-state index in [1.165, 1.54) is 0 Å². The molecule has 0 radical (unpaired) electrons. The Balaban J connectivity index is 3.84. The molecule has 0 aromatic rings. The van der Waals surface area contributed by atoms with Crippen LogP contribution in [0.2, 0.25) is 0 Å². The molecule has 0 saturated carbocycles. The smallest absolute Gasteiger partial charge is 0.230 e. The molecule has 0 aromatic heterocycles. The summed E-state index contributed by atoms with van der Waals surface area (Å²) in [6, 6.07) is 0. The molecule has 0 heterocycles. The standard InChI is InChI=1S/C2H5NO2S2/c1-7(4,5)3-2-6/h2H,1H3,(H,3,6). The Hall–Kier alpha value is -0.160. The predicted molar refractivity (Wildman–Crippen MR) is 31.6 cm³/mol. The number of thiocarbonyl (C=S) groups is 1. The zero-order valence-corrected chi connectivity index (χ0v) is 5.34. The maximum absolute atomic E-state index is 10.0. The fourth-order valence-electron chi connectivity index (χ4n) is 0.0874. The molecular formula is C2H5NO2S2. The summed E-state index contributed by atoms with van der Waals surface area (Å²) in [6.07, 6.45) is 1.04. The first-order chi connectivity index (χ1) is 3.06. The van der Waals surface area contributed by atoms with Gasteiger partial charge >= 0.3 is 0 Å². The van der Waals surface area contributed by atoms with Crippen LogP contribution in [0.4, 0.5) is 0 Å². The number of hydrogen-bond acceptors (Lipinski definition) is 3. The van der Waals surface area contributed by atoms with Crippen molar-refractivity contribution in [3.05, 3.63) is 0 Å². The van der Waals surface area contributed by atoms with E-state index in [1.807, 2.05) is 4.72 Å². The van der Waals surface area contributed by atoms with Crippen LogP contribution in [0.15, 0.2) is 0 Å². The van der Waals surface area contributed by atoms with Crippen LogP contribution in [0, 0.1) is 0 Å². The first-order valence-electron chi connectivity index (χ1n) is 1.47. The third-order valence-electron chi connectivity index (χ3n) is 0.262. The van der Waals surface area contributed by atoms with E-state index in [4.69, 9.17) is 0 Å². The highest BCUT2D eigenvalue weighted by Gasteiger charge is 1.90. The van der Waals surface area contributed by atoms with Crippen molar-refractivity contribution in [1.82, 2.24) is 4.72 Å². The molecule has 0 atom stereocenters. The predicted octanol–water partition coefficient (Wildman–Crippen LogP) is -0.507. The van der Waals surface area contributed by atoms with Gasteiger partial charge in [0.2, 0.25) is 10.0 Å². The Bertz CT molecular complexity index is 147. The van der Waals surface area contributed by atoms with Crippen LogP contribution >= 0.6 is 12.2 Å². The fraction of sp³-hybridized carbons (Fsp3) is 0.500. The molecule has 3 nitrogen and oxygen atoms in total. The van der Waals surface area contributed by atoms with E-state index in [-0.39, 0.29) is 0 Å². The van der Waals surface area contributed by atoms with Crippen molar-refractivity contribution in [3.8, 4) is 0 Å². The van der Waals surface area contributed by atoms with E-state index in [9.17, 15) is 8.42 Å². The van der Waals surface area contributed by atoms with Gasteiger partial charge in [0.05, 0.1) is 11.7 Å². The maximum atomic E-state index is 10.0. The first-order valence-corrected chi connectivity index (χ1v) is 3.83. The lowest BCUT2D eigenvalue weighted by Gasteiger charge is -1.88. The van der Waals surface area contributed by atoms with E-state index in [2.05, 4.69) is 12.2 Å². The minimum absolute atomic E-state index is 0.954. The summed E-state index contributed by atoms with van der Waals surface area (Å²) in [5.41, 5.74) is 0.954. The lowest BCUT2D eigenvalue weighted by Crippen LogP contribution is -2.18. The van der Waals surface area contributed by atoms with Crippen molar-refractivity contribution in [1.29, 1.82) is 0 Å². The molecule has 0 aromatic carbocycles. The second-order valence-corrected chi connectivity index (χ2v) is 3.02. The molecule has 5 heteroatoms. The van der Waals surface area contributed by atoms with Gasteiger partial charge in [-0.15, -0.1) is 0 Å². The summed E-state index contributed by atoms with van der Waals surface area (Å²) >= 11 is 4.18. The molecule has 0 spiro atoms. The number of rotatable bonds is 2. The molecule has 0 amide bonds. The second-order valence-electron chi connectivity index (χ2n) is 1.01. The van der Waals surface area contributed by atoms with Gasteiger partial charge in [-0.05, 0) is 0 Å². The molecule has 42 valence electrons. The van der Waals surface area contributed by atoms with Gasteiger partial charge < -0.3 is 0 Å². The highest BCUT2D eigenvalue weighted by Crippen LogP contribution is 1.65. The zero-order chi connectivity index (χ0) is 5.91. The number of sulfonamides is 1. The van der Waals surface area contributed by atoms with Crippen molar-refractivity contribution in [2.24, 2.45) is 0 Å². The molecule has 0 aliphatic heterocycles. The highest BCUT2D eigenvalue weighted by molar-refractivity contribution is 7.90. The molecule has 0 rings (SSSR count). The Morgan fingerprint density at radius 2 is 2.14 bits per heavy atom. The van der Waals surface area contributed by atoms with E-state index >= 15 is 0 Å². The van der Waals surface area contributed by atoms with Crippen molar-refractivity contribution >= 4 is 27.7 Å². The molecule has 7 heavy (non-hydrogen) atoms. The first kappa shape index (κ1) is 6.84. The van der Waals surface area contributed by atoms with Gasteiger partial charge in [0.1, 0.15) is 0 Å². The lowest BCUT2D eigenvalue weighted by atomic mass is 11.6.